The topological polar surface area (TPSA) is 73.0 Å². The molecule has 1 N–H and O–H groups in total. The number of anilines is 1. The van der Waals surface area contributed by atoms with Gasteiger partial charge in [-0.3, -0.25) is 4.79 Å². The zero-order valence-electron chi connectivity index (χ0n) is 14.6. The van der Waals surface area contributed by atoms with Gasteiger partial charge < -0.3 is 14.3 Å². The van der Waals surface area contributed by atoms with Crippen LogP contribution in [0.4, 0.5) is 5.69 Å². The van der Waals surface area contributed by atoms with Gasteiger partial charge in [-0.15, -0.1) is 10.2 Å². The lowest BCUT2D eigenvalue weighted by molar-refractivity contribution is -0.116. The molecule has 0 aliphatic heterocycles. The van der Waals surface area contributed by atoms with E-state index >= 15 is 0 Å². The van der Waals surface area contributed by atoms with E-state index in [1.807, 2.05) is 43.5 Å². The van der Waals surface area contributed by atoms with Crippen LogP contribution in [0.2, 0.25) is 5.02 Å². The Balaban J connectivity index is 1.81. The highest BCUT2D eigenvalue weighted by Crippen LogP contribution is 2.26. The van der Waals surface area contributed by atoms with Crippen molar-refractivity contribution in [3.05, 3.63) is 52.1 Å². The minimum absolute atomic E-state index is 0.152. The highest BCUT2D eigenvalue weighted by molar-refractivity contribution is 6.33. The lowest BCUT2D eigenvalue weighted by Gasteiger charge is -2.11. The summed E-state index contributed by atoms with van der Waals surface area (Å²) in [5.74, 6) is 0.811. The maximum atomic E-state index is 12.4. The second-order valence-electron chi connectivity index (χ2n) is 6.03. The third-order valence-corrected chi connectivity index (χ3v) is 4.34. The predicted molar refractivity (Wildman–Crippen MR) is 96.8 cm³/mol. The zero-order chi connectivity index (χ0) is 18.1. The number of aryl methyl sites for hydroxylation is 3. The van der Waals surface area contributed by atoms with E-state index in [9.17, 15) is 4.79 Å². The molecule has 1 amide bonds. The first-order valence-electron chi connectivity index (χ1n) is 7.88. The minimum Gasteiger partial charge on any atom is -0.421 e. The van der Waals surface area contributed by atoms with Crippen LogP contribution in [0.15, 0.2) is 28.7 Å². The molecule has 0 bridgehead atoms. The number of hydrogen-bond donors (Lipinski definition) is 1. The second-order valence-corrected chi connectivity index (χ2v) is 6.44. The molecule has 0 saturated heterocycles. The van der Waals surface area contributed by atoms with Crippen LogP contribution in [0.5, 0.6) is 0 Å². The molecule has 0 radical (unpaired) electrons. The Morgan fingerprint density at radius 2 is 1.96 bits per heavy atom. The Kier molecular flexibility index (Phi) is 4.63. The molecule has 7 heteroatoms. The number of nitrogens with one attached hydrogen (secondary N) is 1. The highest BCUT2D eigenvalue weighted by atomic mass is 35.5. The largest absolute Gasteiger partial charge is 0.421 e. The van der Waals surface area contributed by atoms with Crippen molar-refractivity contribution in [3.63, 3.8) is 0 Å². The van der Waals surface area contributed by atoms with Crippen LogP contribution >= 0.6 is 11.6 Å². The van der Waals surface area contributed by atoms with E-state index in [0.717, 1.165) is 22.5 Å². The van der Waals surface area contributed by atoms with Crippen LogP contribution in [0, 0.1) is 27.7 Å². The number of carbonyl (C=O) groups is 1. The quantitative estimate of drug-likeness (QED) is 0.763. The van der Waals surface area contributed by atoms with Crippen molar-refractivity contribution in [1.29, 1.82) is 0 Å². The van der Waals surface area contributed by atoms with Crippen LogP contribution in [-0.4, -0.2) is 20.7 Å². The fraction of sp³-hybridized carbons (Fsp3) is 0.278. The molecule has 3 aromatic rings. The third-order valence-electron chi connectivity index (χ3n) is 4.03. The number of amides is 1. The molecule has 0 unspecified atom stereocenters. The summed E-state index contributed by atoms with van der Waals surface area (Å²) in [5, 5.41) is 11.3. The van der Waals surface area contributed by atoms with Crippen molar-refractivity contribution < 1.29 is 9.21 Å². The average molecular weight is 359 g/mol. The molecule has 0 atom stereocenters. The van der Waals surface area contributed by atoms with E-state index < -0.39 is 0 Å². The van der Waals surface area contributed by atoms with Gasteiger partial charge in [0.1, 0.15) is 6.54 Å². The van der Waals surface area contributed by atoms with Crippen molar-refractivity contribution in [1.82, 2.24) is 14.8 Å². The van der Waals surface area contributed by atoms with E-state index in [1.54, 1.807) is 13.0 Å². The van der Waals surface area contributed by atoms with Crippen molar-refractivity contribution in [2.45, 2.75) is 34.2 Å². The van der Waals surface area contributed by atoms with E-state index in [2.05, 4.69) is 15.5 Å². The molecule has 3 rings (SSSR count). The number of hydrogen-bond acceptors (Lipinski definition) is 4. The normalized spacial score (nSPS) is 10.9. The second kappa shape index (κ2) is 6.72. The number of nitrogens with zero attached hydrogens (tertiary/aromatic N) is 3. The Hall–Kier alpha value is -2.60. The van der Waals surface area contributed by atoms with E-state index in [-0.39, 0.29) is 12.5 Å². The van der Waals surface area contributed by atoms with Gasteiger partial charge in [0, 0.05) is 18.3 Å². The number of aromatic nitrogens is 3. The Bertz CT molecular complexity index is 943. The molecule has 25 heavy (non-hydrogen) atoms. The van der Waals surface area contributed by atoms with Crippen molar-refractivity contribution >= 4 is 23.2 Å². The fourth-order valence-electron chi connectivity index (χ4n) is 2.72. The first-order valence-corrected chi connectivity index (χ1v) is 8.26. The zero-order valence-corrected chi connectivity index (χ0v) is 15.3. The first kappa shape index (κ1) is 17.2. The Morgan fingerprint density at radius 1 is 1.20 bits per heavy atom. The molecule has 6 nitrogen and oxygen atoms in total. The van der Waals surface area contributed by atoms with Gasteiger partial charge in [-0.2, -0.15) is 0 Å². The van der Waals surface area contributed by atoms with Gasteiger partial charge in [-0.1, -0.05) is 17.7 Å². The SMILES string of the molecule is Cc1ccc(NC(=O)Cn2c(C)cc(-c3nnc(C)o3)c2C)c(Cl)c1. The number of halogens is 1. The summed E-state index contributed by atoms with van der Waals surface area (Å²) in [6.07, 6.45) is 0. The third kappa shape index (κ3) is 3.58. The first-order chi connectivity index (χ1) is 11.8. The average Bonchev–Trinajstić information content (AvgIpc) is 3.08. The predicted octanol–water partition coefficient (Wildman–Crippen LogP) is 4.06. The maximum Gasteiger partial charge on any atom is 0.249 e. The molecular weight excluding hydrogens is 340 g/mol. The maximum absolute atomic E-state index is 12.4. The fourth-order valence-corrected chi connectivity index (χ4v) is 3.00. The molecule has 0 saturated carbocycles. The standard InChI is InChI=1S/C18H19ClN4O2/c1-10-5-6-16(15(19)7-10)20-17(24)9-23-11(2)8-14(12(23)3)18-22-21-13(4)25-18/h5-8H,9H2,1-4H3,(H,20,24). The molecule has 0 aliphatic carbocycles. The van der Waals surface area contributed by atoms with E-state index in [0.29, 0.717) is 22.5 Å². The smallest absolute Gasteiger partial charge is 0.249 e. The van der Waals surface area contributed by atoms with Crippen molar-refractivity contribution in [3.8, 4) is 11.5 Å². The Morgan fingerprint density at radius 3 is 2.60 bits per heavy atom. The van der Waals surface area contributed by atoms with Gasteiger partial charge in [0.05, 0.1) is 16.3 Å². The highest BCUT2D eigenvalue weighted by Gasteiger charge is 2.17. The van der Waals surface area contributed by atoms with Crippen LogP contribution in [0.3, 0.4) is 0 Å². The summed E-state index contributed by atoms with van der Waals surface area (Å²) in [6, 6.07) is 7.47. The number of rotatable bonds is 4. The molecule has 130 valence electrons. The van der Waals surface area contributed by atoms with E-state index in [1.165, 1.54) is 0 Å². The molecular formula is C18H19ClN4O2. The van der Waals surface area contributed by atoms with Gasteiger partial charge in [0.15, 0.2) is 0 Å². The summed E-state index contributed by atoms with van der Waals surface area (Å²) in [4.78, 5) is 12.4. The lowest BCUT2D eigenvalue weighted by Crippen LogP contribution is -2.20. The van der Waals surface area contributed by atoms with Crippen LogP contribution in [0.25, 0.3) is 11.5 Å². The van der Waals surface area contributed by atoms with Gasteiger partial charge in [-0.05, 0) is 44.5 Å². The summed E-state index contributed by atoms with van der Waals surface area (Å²) < 4.78 is 7.40. The molecule has 0 fully saturated rings. The summed E-state index contributed by atoms with van der Waals surface area (Å²) in [5.41, 5.74) is 4.31. The molecule has 2 aromatic heterocycles. The van der Waals surface area contributed by atoms with Gasteiger partial charge in [0.2, 0.25) is 17.7 Å². The minimum atomic E-state index is -0.152. The van der Waals surface area contributed by atoms with Crippen LogP contribution in [0.1, 0.15) is 22.8 Å². The van der Waals surface area contributed by atoms with Crippen molar-refractivity contribution in [2.75, 3.05) is 5.32 Å². The Labute approximate surface area is 150 Å². The molecule has 0 aliphatic rings. The van der Waals surface area contributed by atoms with Crippen LogP contribution in [-0.2, 0) is 11.3 Å². The monoisotopic (exact) mass is 358 g/mol. The molecule has 0 spiro atoms. The van der Waals surface area contributed by atoms with Gasteiger partial charge in [0.25, 0.3) is 0 Å². The van der Waals surface area contributed by atoms with Gasteiger partial charge >= 0.3 is 0 Å². The van der Waals surface area contributed by atoms with E-state index in [4.69, 9.17) is 16.0 Å². The molecule has 1 aromatic carbocycles. The summed E-state index contributed by atoms with van der Waals surface area (Å²) >= 11 is 6.18. The lowest BCUT2D eigenvalue weighted by atomic mass is 10.2. The van der Waals surface area contributed by atoms with Crippen LogP contribution < -0.4 is 5.32 Å². The number of carbonyl (C=O) groups excluding carboxylic acids is 1. The van der Waals surface area contributed by atoms with Crippen molar-refractivity contribution in [2.24, 2.45) is 0 Å². The molecule has 2 heterocycles. The number of benzene rings is 1. The van der Waals surface area contributed by atoms with Gasteiger partial charge in [-0.25, -0.2) is 0 Å². The summed E-state index contributed by atoms with van der Waals surface area (Å²) in [7, 11) is 0. The summed E-state index contributed by atoms with van der Waals surface area (Å²) in [6.45, 7) is 7.73.